The average Bonchev–Trinajstić information content (AvgIpc) is 3.69. The lowest BCUT2D eigenvalue weighted by atomic mass is 10.1. The van der Waals surface area contributed by atoms with E-state index in [1.54, 1.807) is 30.6 Å². The van der Waals surface area contributed by atoms with E-state index in [0.29, 0.717) is 52.4 Å². The molecule has 3 aromatic heterocycles. The zero-order valence-corrected chi connectivity index (χ0v) is 25.3. The third kappa shape index (κ3) is 7.87. The molecule has 13 nitrogen and oxygen atoms in total. The minimum absolute atomic E-state index is 0.0753. The van der Waals surface area contributed by atoms with Crippen LogP contribution in [0.5, 0.6) is 5.88 Å². The molecule has 4 heterocycles. The number of hydrogen-bond acceptors (Lipinski definition) is 13. The first kappa shape index (κ1) is 30.4. The SMILES string of the molecule is CN(C)CCCOc1ccc2nc(NC(=O)C(=NOCc3ncccn3)c3ccc(S(=O)(=O)[C@H]4CCOC4)cc3)sc2n1. The van der Waals surface area contributed by atoms with Crippen molar-refractivity contribution in [1.29, 1.82) is 0 Å². The highest BCUT2D eigenvalue weighted by atomic mass is 32.2. The smallest absolute Gasteiger partial charge is 0.280 e. The first-order valence-electron chi connectivity index (χ1n) is 13.5. The van der Waals surface area contributed by atoms with Crippen LogP contribution in [0, 0.1) is 0 Å². The van der Waals surface area contributed by atoms with Crippen molar-refractivity contribution in [1.82, 2.24) is 24.8 Å². The predicted octanol–water partition coefficient (Wildman–Crippen LogP) is 2.93. The van der Waals surface area contributed by atoms with Gasteiger partial charge >= 0.3 is 0 Å². The van der Waals surface area contributed by atoms with Crippen LogP contribution in [-0.4, -0.2) is 90.6 Å². The summed E-state index contributed by atoms with van der Waals surface area (Å²) < 4.78 is 37.0. The summed E-state index contributed by atoms with van der Waals surface area (Å²) in [5.41, 5.74) is 0.865. The molecule has 1 atom stereocenters. The summed E-state index contributed by atoms with van der Waals surface area (Å²) in [5, 5.41) is 6.53. The Bertz CT molecular complexity index is 1670. The maximum Gasteiger partial charge on any atom is 0.280 e. The number of thiazole rings is 1. The first-order chi connectivity index (χ1) is 20.8. The minimum Gasteiger partial charge on any atom is -0.478 e. The number of benzene rings is 1. The van der Waals surface area contributed by atoms with Crippen molar-refractivity contribution < 1.29 is 27.5 Å². The summed E-state index contributed by atoms with van der Waals surface area (Å²) in [6.07, 6.45) is 4.44. The van der Waals surface area contributed by atoms with Crippen molar-refractivity contribution in [2.45, 2.75) is 29.6 Å². The fourth-order valence-electron chi connectivity index (χ4n) is 4.18. The van der Waals surface area contributed by atoms with Crippen LogP contribution in [0.4, 0.5) is 5.13 Å². The number of hydrogen-bond donors (Lipinski definition) is 1. The molecule has 0 unspecified atom stereocenters. The molecule has 1 aromatic carbocycles. The van der Waals surface area contributed by atoms with Crippen molar-refractivity contribution >= 4 is 48.3 Å². The number of pyridine rings is 1. The van der Waals surface area contributed by atoms with Gasteiger partial charge in [0.25, 0.3) is 5.91 Å². The summed E-state index contributed by atoms with van der Waals surface area (Å²) in [4.78, 5) is 38.8. The van der Waals surface area contributed by atoms with Gasteiger partial charge in [-0.15, -0.1) is 0 Å². The van der Waals surface area contributed by atoms with Crippen LogP contribution in [0.1, 0.15) is 24.2 Å². The Morgan fingerprint density at radius 2 is 1.93 bits per heavy atom. The van der Waals surface area contributed by atoms with Crippen LogP contribution in [0.25, 0.3) is 10.3 Å². The number of rotatable bonds is 13. The molecule has 4 aromatic rings. The fourth-order valence-corrected chi connectivity index (χ4v) is 6.59. The van der Waals surface area contributed by atoms with E-state index in [-0.39, 0.29) is 23.8 Å². The van der Waals surface area contributed by atoms with Gasteiger partial charge in [-0.05, 0) is 51.2 Å². The van der Waals surface area contributed by atoms with Gasteiger partial charge in [-0.2, -0.15) is 0 Å². The van der Waals surface area contributed by atoms with Crippen molar-refractivity contribution in [2.75, 3.05) is 45.8 Å². The van der Waals surface area contributed by atoms with E-state index in [0.717, 1.165) is 13.0 Å². The van der Waals surface area contributed by atoms with Crippen LogP contribution in [0.2, 0.25) is 0 Å². The van der Waals surface area contributed by atoms with Crippen molar-refractivity contribution in [3.05, 3.63) is 66.2 Å². The van der Waals surface area contributed by atoms with Crippen molar-refractivity contribution in [3.63, 3.8) is 0 Å². The number of sulfone groups is 1. The van der Waals surface area contributed by atoms with Gasteiger partial charge in [0, 0.05) is 37.2 Å². The second-order valence-electron chi connectivity index (χ2n) is 9.89. The maximum atomic E-state index is 13.4. The lowest BCUT2D eigenvalue weighted by molar-refractivity contribution is -0.110. The van der Waals surface area contributed by atoms with Gasteiger partial charge < -0.3 is 19.2 Å². The number of oxime groups is 1. The Morgan fingerprint density at radius 3 is 2.65 bits per heavy atom. The maximum absolute atomic E-state index is 13.4. The number of ether oxygens (including phenoxy) is 2. The molecule has 1 aliphatic rings. The molecule has 0 saturated carbocycles. The summed E-state index contributed by atoms with van der Waals surface area (Å²) in [7, 11) is 0.434. The van der Waals surface area contributed by atoms with Gasteiger partial charge in [0.05, 0.1) is 23.4 Å². The van der Waals surface area contributed by atoms with Gasteiger partial charge in [-0.25, -0.2) is 28.4 Å². The second-order valence-corrected chi connectivity index (χ2v) is 13.1. The summed E-state index contributed by atoms with van der Waals surface area (Å²) >= 11 is 1.19. The number of carbonyl (C=O) groups is 1. The highest BCUT2D eigenvalue weighted by Gasteiger charge is 2.31. The van der Waals surface area contributed by atoms with E-state index >= 15 is 0 Å². The largest absolute Gasteiger partial charge is 0.478 e. The number of amides is 1. The Hall–Kier alpha value is -4.05. The third-order valence-corrected chi connectivity index (χ3v) is 9.48. The summed E-state index contributed by atoms with van der Waals surface area (Å²) in [6, 6.07) is 11.1. The highest BCUT2D eigenvalue weighted by Crippen LogP contribution is 2.27. The molecule has 0 bridgehead atoms. The number of nitrogens with zero attached hydrogens (tertiary/aromatic N) is 6. The number of anilines is 1. The molecule has 0 spiro atoms. The van der Waals surface area contributed by atoms with E-state index in [9.17, 15) is 13.2 Å². The first-order valence-corrected chi connectivity index (χ1v) is 15.9. The van der Waals surface area contributed by atoms with Gasteiger partial charge in [-0.1, -0.05) is 28.6 Å². The van der Waals surface area contributed by atoms with Crippen LogP contribution in [0.3, 0.4) is 0 Å². The lowest BCUT2D eigenvalue weighted by Gasteiger charge is -2.11. The van der Waals surface area contributed by atoms with Gasteiger partial charge in [0.1, 0.15) is 10.3 Å². The van der Waals surface area contributed by atoms with E-state index in [1.807, 2.05) is 14.1 Å². The molecule has 1 fully saturated rings. The number of aromatic nitrogens is 4. The fraction of sp³-hybridized carbons (Fsp3) is 0.357. The molecular weight excluding hydrogens is 594 g/mol. The summed E-state index contributed by atoms with van der Waals surface area (Å²) in [6.45, 7) is 1.93. The molecule has 15 heteroatoms. The van der Waals surface area contributed by atoms with E-state index < -0.39 is 21.0 Å². The van der Waals surface area contributed by atoms with Gasteiger partial charge in [-0.3, -0.25) is 10.1 Å². The van der Waals surface area contributed by atoms with Crippen molar-refractivity contribution in [2.24, 2.45) is 5.16 Å². The molecule has 1 N–H and O–H groups in total. The number of fused-ring (bicyclic) bond motifs is 1. The van der Waals surface area contributed by atoms with E-state index in [4.69, 9.17) is 14.3 Å². The third-order valence-electron chi connectivity index (χ3n) is 6.42. The van der Waals surface area contributed by atoms with Crippen LogP contribution in [0.15, 0.2) is 64.9 Å². The molecule has 0 aliphatic carbocycles. The van der Waals surface area contributed by atoms with Crippen molar-refractivity contribution in [3.8, 4) is 5.88 Å². The average molecular weight is 626 g/mol. The van der Waals surface area contributed by atoms with Crippen LogP contribution >= 0.6 is 11.3 Å². The minimum atomic E-state index is -3.57. The second kappa shape index (κ2) is 13.9. The molecule has 0 radical (unpaired) electrons. The molecular formula is C28H31N7O6S2. The van der Waals surface area contributed by atoms with E-state index in [2.05, 4.69) is 35.3 Å². The molecule has 43 heavy (non-hydrogen) atoms. The highest BCUT2D eigenvalue weighted by molar-refractivity contribution is 7.92. The monoisotopic (exact) mass is 625 g/mol. The topological polar surface area (TPSA) is 158 Å². The molecule has 1 saturated heterocycles. The zero-order chi connectivity index (χ0) is 30.2. The standard InChI is InChI=1S/C28H31N7O6S2/c1-35(2)14-4-15-40-24-10-9-22-27(32-24)42-28(31-22)33-26(36)25(34-41-18-23-29-12-3-13-30-23)19-5-7-20(8-6-19)43(37,38)21-11-16-39-17-21/h3,5-10,12-13,21H,4,11,14-18H2,1-2H3,(H,31,33,36)/t21-/m0/s1. The Kier molecular flexibility index (Phi) is 9.86. The predicted molar refractivity (Wildman–Crippen MR) is 161 cm³/mol. The van der Waals surface area contributed by atoms with Gasteiger partial charge in [0.2, 0.25) is 5.88 Å². The summed E-state index contributed by atoms with van der Waals surface area (Å²) in [5.74, 6) is 0.252. The Morgan fingerprint density at radius 1 is 1.14 bits per heavy atom. The molecule has 5 rings (SSSR count). The molecule has 1 aliphatic heterocycles. The van der Waals surface area contributed by atoms with Crippen LogP contribution in [-0.2, 0) is 30.8 Å². The Balaban J connectivity index is 1.33. The lowest BCUT2D eigenvalue weighted by Crippen LogP contribution is -2.25. The Labute approximate surface area is 252 Å². The number of carbonyl (C=O) groups excluding carboxylic acids is 1. The van der Waals surface area contributed by atoms with E-state index in [1.165, 1.54) is 35.6 Å². The normalized spacial score (nSPS) is 15.6. The van der Waals surface area contributed by atoms with Gasteiger partial charge in [0.15, 0.2) is 33.1 Å². The molecule has 226 valence electrons. The zero-order valence-electron chi connectivity index (χ0n) is 23.7. The number of nitrogens with one attached hydrogen (secondary N) is 1. The van der Waals surface area contributed by atoms with Crippen LogP contribution < -0.4 is 10.1 Å². The quantitative estimate of drug-likeness (QED) is 0.132. The molecule has 1 amide bonds.